The Bertz CT molecular complexity index is 4170. The Hall–Kier alpha value is -9.46. The minimum Gasteiger partial charge on any atom is -0.480 e. The molecule has 0 radical (unpaired) electrons. The summed E-state index contributed by atoms with van der Waals surface area (Å²) in [5, 5.41) is 82.1. The van der Waals surface area contributed by atoms with Crippen LogP contribution in [0.4, 0.5) is 0 Å². The Morgan fingerprint density at radius 3 is 1.80 bits per heavy atom. The Balaban J connectivity index is 0.776. The molecule has 4 aliphatic carbocycles. The van der Waals surface area contributed by atoms with E-state index in [1.54, 1.807) is 20.9 Å². The first kappa shape index (κ1) is 104. The van der Waals surface area contributed by atoms with Crippen LogP contribution in [0.15, 0.2) is 43.0 Å². The molecule has 8 rings (SSSR count). The van der Waals surface area contributed by atoms with E-state index < -0.39 is 138 Å². The normalized spacial score (nSPS) is 24.3. The Morgan fingerprint density at radius 2 is 1.18 bits per heavy atom. The summed E-state index contributed by atoms with van der Waals surface area (Å²) >= 11 is 1.46. The van der Waals surface area contributed by atoms with E-state index in [-0.39, 0.29) is 202 Å². The van der Waals surface area contributed by atoms with E-state index in [1.165, 1.54) is 38.1 Å². The summed E-state index contributed by atoms with van der Waals surface area (Å²) in [6.07, 6.45) is 11.6. The molecule has 3 heterocycles. The van der Waals surface area contributed by atoms with Gasteiger partial charge in [-0.3, -0.25) is 86.7 Å². The van der Waals surface area contributed by atoms with Gasteiger partial charge in [-0.15, -0.1) is 0 Å². The van der Waals surface area contributed by atoms with Gasteiger partial charge in [-0.2, -0.15) is 11.8 Å². The Morgan fingerprint density at radius 1 is 0.594 bits per heavy atom. The number of carbonyl (C=O) groups is 14. The third-order valence-electron chi connectivity index (χ3n) is 26.6. The summed E-state index contributed by atoms with van der Waals surface area (Å²) < 4.78 is 11.4. The highest BCUT2D eigenvalue weighted by atomic mass is 32.2. The number of carboxylic acids is 3. The molecule has 4 saturated carbocycles. The summed E-state index contributed by atoms with van der Waals surface area (Å²) in [6.45, 7) is 14.5. The summed E-state index contributed by atoms with van der Waals surface area (Å²) in [5.74, 6) is -9.39. The lowest BCUT2D eigenvalue weighted by Gasteiger charge is -2.63. The number of carbonyl (C=O) groups excluding carboxylic acids is 11. The van der Waals surface area contributed by atoms with Gasteiger partial charge in [0.1, 0.15) is 42.9 Å². The molecule has 18 atom stereocenters. The van der Waals surface area contributed by atoms with Crippen LogP contribution in [0.1, 0.15) is 143 Å². The molecule has 1 aromatic carbocycles. The second-order valence-electron chi connectivity index (χ2n) is 36.2. The van der Waals surface area contributed by atoms with Crippen molar-refractivity contribution in [2.75, 3.05) is 137 Å². The van der Waals surface area contributed by atoms with Crippen LogP contribution in [0.3, 0.4) is 0 Å². The van der Waals surface area contributed by atoms with Crippen LogP contribution in [0.2, 0.25) is 0 Å². The molecule has 128 heavy (non-hydrogen) atoms. The van der Waals surface area contributed by atoms with Gasteiger partial charge < -0.3 is 110 Å². The number of hydrogen-bond acceptors (Lipinski definition) is 25. The number of hydrogen-bond donors (Lipinski definition) is 19. The fourth-order valence-electron chi connectivity index (χ4n) is 19.7. The van der Waals surface area contributed by atoms with E-state index in [0.29, 0.717) is 68.7 Å². The molecule has 0 unspecified atom stereocenters. The summed E-state index contributed by atoms with van der Waals surface area (Å²) in [6, 6.07) is -0.985. The molecule has 3 aromatic rings. The highest BCUT2D eigenvalue weighted by molar-refractivity contribution is 7.98. The number of aliphatic hydroxyl groups is 2. The number of para-hydroxylation sites is 1. The van der Waals surface area contributed by atoms with Crippen LogP contribution < -0.4 is 64.6 Å². The number of H-pyrrole nitrogens is 2. The van der Waals surface area contributed by atoms with Crippen LogP contribution in [-0.4, -0.2) is 340 Å². The van der Waals surface area contributed by atoms with E-state index in [0.717, 1.165) is 36.6 Å². The van der Waals surface area contributed by atoms with E-state index in [2.05, 4.69) is 88.9 Å². The van der Waals surface area contributed by atoms with Gasteiger partial charge in [-0.25, -0.2) is 4.98 Å². The summed E-state index contributed by atoms with van der Waals surface area (Å²) in [5.41, 5.74) is 12.5. The molecule has 2 aromatic heterocycles. The predicted octanol–water partition coefficient (Wildman–Crippen LogP) is -1.62. The van der Waals surface area contributed by atoms with E-state index in [4.69, 9.17) is 20.9 Å². The van der Waals surface area contributed by atoms with Crippen molar-refractivity contribution in [1.29, 1.82) is 0 Å². The molecule has 11 amide bonds. The highest BCUT2D eigenvalue weighted by Crippen LogP contribution is 2.68. The maximum atomic E-state index is 14.6. The van der Waals surface area contributed by atoms with E-state index in [9.17, 15) is 92.7 Å². The molecule has 1 saturated heterocycles. The van der Waals surface area contributed by atoms with Crippen LogP contribution in [-0.2, 0) is 89.4 Å². The number of primary amides is 2. The molecular weight excluding hydrogens is 1680 g/mol. The van der Waals surface area contributed by atoms with Gasteiger partial charge in [0.05, 0.1) is 77.1 Å². The van der Waals surface area contributed by atoms with Crippen molar-refractivity contribution in [3.63, 3.8) is 0 Å². The van der Waals surface area contributed by atoms with Crippen molar-refractivity contribution < 1.29 is 102 Å². The van der Waals surface area contributed by atoms with Crippen molar-refractivity contribution in [2.45, 2.75) is 205 Å². The molecule has 40 nitrogen and oxygen atoms in total. The molecule has 714 valence electrons. The number of aromatic nitrogens is 3. The monoisotopic (exact) mass is 1820 g/mol. The third kappa shape index (κ3) is 31.4. The van der Waals surface area contributed by atoms with Gasteiger partial charge >= 0.3 is 17.9 Å². The second kappa shape index (κ2) is 50.6. The number of imidazole rings is 1. The minimum absolute atomic E-state index is 0.00836. The van der Waals surface area contributed by atoms with Gasteiger partial charge in [0.25, 0.3) is 0 Å². The molecule has 5 fully saturated rings. The molecule has 21 N–H and O–H groups in total. The number of amides is 11. The number of nitrogens with two attached hydrogens (primary N) is 2. The number of thioether (sulfide) groups is 1. The van der Waals surface area contributed by atoms with Crippen molar-refractivity contribution in [3.05, 3.63) is 54.2 Å². The fraction of sp³-hybridized carbons (Fsp3) is 0.713. The standard InChI is InChI=1S/C87H139N19O21S/c1-51(2)36-66(84(124)100-64(79(89)119)20-35-128-8)101-85(125)68(40-58-43-90-50-95-58)99-72(110)44-94-80(120)53(4)96-81(121)54(5)97-83(123)67(37-55-42-93-63-14-10-9-13-59(55)63)102-82(122)65(17-18-71(88)109)91-22-11-12-52(3)60-15-16-61-78-62(41-70(108)87(60,61)7)86(6)21-19-57(38-56(86)39-69(78)107)98-74(112)49-127-34-33-126-32-23-92-73(111)45-103-24-26-104(46-75(113)114)28-30-106(48-77(117)118)31-29-105(27-25-103)47-76(115)116/h9-10,13-14,42-43,50-54,56-57,60-62,64-70,78,91,93,107-108H,11-12,15-41,44-49H2,1-8H3,(H2,88,109)(H2,89,119)(H,90,95)(H,92,111)(H,94,120)(H,96,121)(H,97,123)(H,98,112)(H,99,110)(H,100,124)(H,101,125)(H,102,122)(H,113,114)(H,115,116)(H,117,118)/t52-,53+,54+,56+,57+,60-,61+,62+,64+,65+,66+,67+,68+,69-,70+,78+,86+,87-/m1/s1. The molecule has 1 aliphatic heterocycles. The number of nitrogens with zero attached hydrogens (tertiary/aromatic N) is 5. The molecule has 0 spiro atoms. The van der Waals surface area contributed by atoms with Crippen molar-refractivity contribution in [2.24, 2.45) is 63.7 Å². The number of benzene rings is 1. The van der Waals surface area contributed by atoms with Crippen LogP contribution in [0, 0.1) is 52.3 Å². The van der Waals surface area contributed by atoms with E-state index in [1.807, 2.05) is 49.3 Å². The lowest BCUT2D eigenvalue weighted by atomic mass is 9.43. The zero-order valence-electron chi connectivity index (χ0n) is 75.2. The maximum Gasteiger partial charge on any atom is 0.317 e. The van der Waals surface area contributed by atoms with Gasteiger partial charge in [0, 0.05) is 113 Å². The number of aliphatic hydroxyl groups excluding tert-OH is 2. The van der Waals surface area contributed by atoms with Gasteiger partial charge in [-0.1, -0.05) is 52.8 Å². The second-order valence-corrected chi connectivity index (χ2v) is 37.2. The number of nitrogens with one attached hydrogen (secondary N) is 12. The number of fused-ring (bicyclic) bond motifs is 6. The Kier molecular flexibility index (Phi) is 41.1. The summed E-state index contributed by atoms with van der Waals surface area (Å²) in [7, 11) is 0. The summed E-state index contributed by atoms with van der Waals surface area (Å²) in [4.78, 5) is 200. The predicted molar refractivity (Wildman–Crippen MR) is 474 cm³/mol. The fourth-order valence-corrected chi connectivity index (χ4v) is 20.2. The minimum atomic E-state index is -1.29. The first-order chi connectivity index (χ1) is 60.8. The van der Waals surface area contributed by atoms with Crippen LogP contribution >= 0.6 is 11.8 Å². The SMILES string of the molecule is CSCC[C@H](NC(=O)[C@H](CC(C)C)NC(=O)[C@H](Cc1cnc[nH]1)NC(=O)CNC(=O)[C@H](C)NC(=O)[C@H](C)NC(=O)[C@H](Cc1c[nH]c2ccccc12)NC(=O)[C@H](CCC(N)=O)NCCC[C@@H](C)[C@H]1CC[C@H]2[C@@H]3[C@H](O)C[C@@H]4C[C@@H](NC(=O)COCCOCCNC(=O)CN5CCN(CC(=O)O)CCN(CC(=O)O)CCN(CC(=O)O)CC5)CC[C@]4(C)[C@H]3C[C@H](O)[C@]12C)C(N)=O. The largest absolute Gasteiger partial charge is 0.480 e. The third-order valence-corrected chi connectivity index (χ3v) is 27.2. The quantitative estimate of drug-likeness (QED) is 0.0282. The molecule has 5 aliphatic rings. The van der Waals surface area contributed by atoms with Crippen LogP contribution in [0.25, 0.3) is 10.9 Å². The highest BCUT2D eigenvalue weighted by Gasteiger charge is 2.66. The van der Waals surface area contributed by atoms with Gasteiger partial charge in [0.15, 0.2) is 0 Å². The zero-order chi connectivity index (χ0) is 93.5. The zero-order valence-corrected chi connectivity index (χ0v) is 76.0. The lowest BCUT2D eigenvalue weighted by molar-refractivity contribution is -0.202. The average Bonchev–Trinajstić information content (AvgIpc) is 1.41. The molecular formula is C87H139N19O21S. The number of rotatable bonds is 50. The van der Waals surface area contributed by atoms with E-state index >= 15 is 0 Å². The smallest absolute Gasteiger partial charge is 0.317 e. The number of aliphatic carboxylic acids is 3. The van der Waals surface area contributed by atoms with Crippen molar-refractivity contribution in [3.8, 4) is 0 Å². The van der Waals surface area contributed by atoms with Crippen molar-refractivity contribution >= 4 is 106 Å². The Labute approximate surface area is 751 Å². The molecule has 41 heteroatoms. The number of aromatic amines is 2. The van der Waals surface area contributed by atoms with Gasteiger partial charge in [-0.05, 0) is 173 Å². The average molecular weight is 1820 g/mol. The van der Waals surface area contributed by atoms with Crippen molar-refractivity contribution in [1.82, 2.24) is 87.7 Å². The first-order valence-electron chi connectivity index (χ1n) is 44.9. The van der Waals surface area contributed by atoms with Gasteiger partial charge in [0.2, 0.25) is 65.0 Å². The number of ether oxygens (including phenoxy) is 2. The maximum absolute atomic E-state index is 14.6. The molecule has 0 bridgehead atoms. The first-order valence-corrected chi connectivity index (χ1v) is 46.3. The lowest BCUT2D eigenvalue weighted by Crippen LogP contribution is -2.63. The van der Waals surface area contributed by atoms with Crippen LogP contribution in [0.5, 0.6) is 0 Å². The number of carboxylic acid groups (broad SMARTS) is 3. The topological polar surface area (TPSA) is 588 Å².